The Bertz CT molecular complexity index is 924. The number of amides is 3. The number of hydrogen-bond donors (Lipinski definition) is 2. The van der Waals surface area contributed by atoms with Crippen molar-refractivity contribution >= 4 is 41.2 Å². The predicted octanol–water partition coefficient (Wildman–Crippen LogP) is 1.90. The Morgan fingerprint density at radius 3 is 2.41 bits per heavy atom. The lowest BCUT2D eigenvalue weighted by Crippen LogP contribution is -2.41. The van der Waals surface area contributed by atoms with Gasteiger partial charge in [0, 0.05) is 18.1 Å². The summed E-state index contributed by atoms with van der Waals surface area (Å²) in [5.74, 6) is -2.12. The van der Waals surface area contributed by atoms with Gasteiger partial charge in [0.05, 0.1) is 30.7 Å². The highest BCUT2D eigenvalue weighted by atomic mass is 35.5. The van der Waals surface area contributed by atoms with Gasteiger partial charge in [0.1, 0.15) is 0 Å². The van der Waals surface area contributed by atoms with Crippen LogP contribution < -0.4 is 10.7 Å². The highest BCUT2D eigenvalue weighted by Gasteiger charge is 2.22. The SMILES string of the molecule is O=C(NN=Cc1ccc(Cl)cc1)C(=O)Nc1ccccc1C(=O)N1CCOCC1. The molecule has 3 rings (SSSR count). The number of nitrogens with one attached hydrogen (secondary N) is 2. The van der Waals surface area contributed by atoms with Crippen LogP contribution in [0.25, 0.3) is 0 Å². The lowest BCUT2D eigenvalue weighted by atomic mass is 10.1. The molecule has 2 aromatic carbocycles. The Hall–Kier alpha value is -3.23. The quantitative estimate of drug-likeness (QED) is 0.453. The van der Waals surface area contributed by atoms with E-state index in [0.29, 0.717) is 42.5 Å². The molecule has 0 saturated carbocycles. The van der Waals surface area contributed by atoms with Gasteiger partial charge in [-0.15, -0.1) is 0 Å². The minimum Gasteiger partial charge on any atom is -0.378 e. The molecular formula is C20H19ClN4O4. The Balaban J connectivity index is 1.61. The summed E-state index contributed by atoms with van der Waals surface area (Å²) in [6.07, 6.45) is 1.39. The molecular weight excluding hydrogens is 396 g/mol. The van der Waals surface area contributed by atoms with Crippen LogP contribution in [-0.4, -0.2) is 55.1 Å². The number of para-hydroxylation sites is 1. The molecule has 0 atom stereocenters. The smallest absolute Gasteiger partial charge is 0.329 e. The number of halogens is 1. The molecule has 1 aliphatic rings. The highest BCUT2D eigenvalue weighted by Crippen LogP contribution is 2.18. The summed E-state index contributed by atoms with van der Waals surface area (Å²) in [5, 5.41) is 6.79. The van der Waals surface area contributed by atoms with Crippen LogP contribution in [0.5, 0.6) is 0 Å². The Labute approximate surface area is 172 Å². The van der Waals surface area contributed by atoms with Crippen LogP contribution in [0.4, 0.5) is 5.69 Å². The number of carbonyl (C=O) groups excluding carboxylic acids is 3. The number of ether oxygens (including phenoxy) is 1. The monoisotopic (exact) mass is 414 g/mol. The summed E-state index contributed by atoms with van der Waals surface area (Å²) in [5.41, 5.74) is 3.42. The summed E-state index contributed by atoms with van der Waals surface area (Å²) in [4.78, 5) is 38.6. The molecule has 0 aromatic heterocycles. The summed E-state index contributed by atoms with van der Waals surface area (Å²) in [7, 11) is 0. The van der Waals surface area contributed by atoms with Crippen LogP contribution in [0.3, 0.4) is 0 Å². The van der Waals surface area contributed by atoms with E-state index in [2.05, 4.69) is 15.8 Å². The van der Waals surface area contributed by atoms with Crippen molar-refractivity contribution in [2.24, 2.45) is 5.10 Å². The molecule has 1 saturated heterocycles. The topological polar surface area (TPSA) is 100 Å². The summed E-state index contributed by atoms with van der Waals surface area (Å²) in [6.45, 7) is 1.88. The van der Waals surface area contributed by atoms with Gasteiger partial charge in [0.25, 0.3) is 5.91 Å². The van der Waals surface area contributed by atoms with Crippen molar-refractivity contribution in [2.75, 3.05) is 31.6 Å². The zero-order valence-electron chi connectivity index (χ0n) is 15.4. The fraction of sp³-hybridized carbons (Fsp3) is 0.200. The number of carbonyl (C=O) groups is 3. The van der Waals surface area contributed by atoms with Crippen molar-refractivity contribution in [3.63, 3.8) is 0 Å². The number of hydrogen-bond acceptors (Lipinski definition) is 5. The molecule has 9 heteroatoms. The predicted molar refractivity (Wildman–Crippen MR) is 109 cm³/mol. The molecule has 2 N–H and O–H groups in total. The maximum Gasteiger partial charge on any atom is 0.329 e. The molecule has 0 aliphatic carbocycles. The fourth-order valence-corrected chi connectivity index (χ4v) is 2.79. The van der Waals surface area contributed by atoms with E-state index in [1.807, 2.05) is 0 Å². The van der Waals surface area contributed by atoms with Crippen molar-refractivity contribution < 1.29 is 19.1 Å². The van der Waals surface area contributed by atoms with E-state index in [0.717, 1.165) is 0 Å². The average Bonchev–Trinajstić information content (AvgIpc) is 2.75. The van der Waals surface area contributed by atoms with E-state index in [1.165, 1.54) is 6.21 Å². The van der Waals surface area contributed by atoms with Crippen LogP contribution >= 0.6 is 11.6 Å². The summed E-state index contributed by atoms with van der Waals surface area (Å²) >= 11 is 5.80. The van der Waals surface area contributed by atoms with E-state index in [4.69, 9.17) is 16.3 Å². The maximum absolute atomic E-state index is 12.7. The number of nitrogens with zero attached hydrogens (tertiary/aromatic N) is 2. The second-order valence-electron chi connectivity index (χ2n) is 6.15. The molecule has 1 fully saturated rings. The van der Waals surface area contributed by atoms with Gasteiger partial charge >= 0.3 is 11.8 Å². The van der Waals surface area contributed by atoms with Crippen LogP contribution in [-0.2, 0) is 14.3 Å². The number of anilines is 1. The molecule has 0 radical (unpaired) electrons. The van der Waals surface area contributed by atoms with Gasteiger partial charge in [-0.25, -0.2) is 5.43 Å². The Morgan fingerprint density at radius 2 is 1.69 bits per heavy atom. The van der Waals surface area contributed by atoms with E-state index in [-0.39, 0.29) is 11.6 Å². The van der Waals surface area contributed by atoms with Gasteiger partial charge in [-0.2, -0.15) is 5.10 Å². The lowest BCUT2D eigenvalue weighted by molar-refractivity contribution is -0.136. The molecule has 1 heterocycles. The lowest BCUT2D eigenvalue weighted by Gasteiger charge is -2.27. The normalized spacial score (nSPS) is 13.9. The summed E-state index contributed by atoms with van der Waals surface area (Å²) in [6, 6.07) is 13.3. The van der Waals surface area contributed by atoms with Gasteiger partial charge in [0.15, 0.2) is 0 Å². The van der Waals surface area contributed by atoms with Crippen molar-refractivity contribution in [2.45, 2.75) is 0 Å². The molecule has 29 heavy (non-hydrogen) atoms. The Kier molecular flexibility index (Phi) is 6.94. The summed E-state index contributed by atoms with van der Waals surface area (Å²) < 4.78 is 5.25. The van der Waals surface area contributed by atoms with Gasteiger partial charge in [-0.1, -0.05) is 35.9 Å². The van der Waals surface area contributed by atoms with Gasteiger partial charge in [-0.05, 0) is 29.8 Å². The van der Waals surface area contributed by atoms with Gasteiger partial charge in [0.2, 0.25) is 0 Å². The Morgan fingerprint density at radius 1 is 1.00 bits per heavy atom. The largest absolute Gasteiger partial charge is 0.378 e. The number of benzene rings is 2. The number of morpholine rings is 1. The van der Waals surface area contributed by atoms with Crippen LogP contribution in [0.2, 0.25) is 5.02 Å². The maximum atomic E-state index is 12.7. The van der Waals surface area contributed by atoms with Crippen molar-refractivity contribution in [3.8, 4) is 0 Å². The van der Waals surface area contributed by atoms with Gasteiger partial charge < -0.3 is 15.0 Å². The first kappa shape index (κ1) is 20.5. The van der Waals surface area contributed by atoms with Crippen LogP contribution in [0.15, 0.2) is 53.6 Å². The van der Waals surface area contributed by atoms with Gasteiger partial charge in [-0.3, -0.25) is 14.4 Å². The molecule has 2 aromatic rings. The first-order valence-corrected chi connectivity index (χ1v) is 9.28. The van der Waals surface area contributed by atoms with E-state index < -0.39 is 11.8 Å². The minimum absolute atomic E-state index is 0.231. The minimum atomic E-state index is -0.955. The van der Waals surface area contributed by atoms with Crippen molar-refractivity contribution in [3.05, 3.63) is 64.7 Å². The first-order chi connectivity index (χ1) is 14.0. The zero-order chi connectivity index (χ0) is 20.6. The third kappa shape index (κ3) is 5.63. The van der Waals surface area contributed by atoms with E-state index >= 15 is 0 Å². The zero-order valence-corrected chi connectivity index (χ0v) is 16.2. The molecule has 8 nitrogen and oxygen atoms in total. The highest BCUT2D eigenvalue weighted by molar-refractivity contribution is 6.40. The number of rotatable bonds is 4. The molecule has 150 valence electrons. The molecule has 3 amide bonds. The fourth-order valence-electron chi connectivity index (χ4n) is 2.66. The van der Waals surface area contributed by atoms with Crippen LogP contribution in [0, 0.1) is 0 Å². The third-order valence-corrected chi connectivity index (χ3v) is 4.41. The standard InChI is InChI=1S/C20H19ClN4O4/c21-15-7-5-14(6-8-15)13-22-24-19(27)18(26)23-17-4-2-1-3-16(17)20(28)25-9-11-29-12-10-25/h1-8,13H,9-12H2,(H,23,26)(H,24,27). The van der Waals surface area contributed by atoms with Crippen LogP contribution in [0.1, 0.15) is 15.9 Å². The molecule has 0 bridgehead atoms. The molecule has 0 spiro atoms. The van der Waals surface area contributed by atoms with Crippen molar-refractivity contribution in [1.82, 2.24) is 10.3 Å². The second kappa shape index (κ2) is 9.81. The van der Waals surface area contributed by atoms with E-state index in [9.17, 15) is 14.4 Å². The first-order valence-electron chi connectivity index (χ1n) is 8.90. The number of hydrazone groups is 1. The second-order valence-corrected chi connectivity index (χ2v) is 6.59. The average molecular weight is 415 g/mol. The molecule has 0 unspecified atom stereocenters. The third-order valence-electron chi connectivity index (χ3n) is 4.16. The van der Waals surface area contributed by atoms with E-state index in [1.54, 1.807) is 53.4 Å². The van der Waals surface area contributed by atoms with Crippen molar-refractivity contribution in [1.29, 1.82) is 0 Å². The molecule has 1 aliphatic heterocycles.